The second kappa shape index (κ2) is 4.06. The molecule has 6 heteroatoms. The van der Waals surface area contributed by atoms with Crippen LogP contribution in [0.5, 0.6) is 0 Å². The van der Waals surface area contributed by atoms with E-state index in [1.54, 1.807) is 6.07 Å². The van der Waals surface area contributed by atoms with E-state index in [0.29, 0.717) is 5.56 Å². The van der Waals surface area contributed by atoms with Crippen LogP contribution in [0.1, 0.15) is 5.56 Å². The van der Waals surface area contributed by atoms with Gasteiger partial charge in [0, 0.05) is 22.7 Å². The second-order valence-corrected chi connectivity index (χ2v) is 2.44. The molecule has 0 unspecified atom stereocenters. The number of nitro groups is 1. The molecule has 14 heavy (non-hydrogen) atoms. The van der Waals surface area contributed by atoms with Gasteiger partial charge in [0.15, 0.2) is 0 Å². The number of azide groups is 1. The summed E-state index contributed by atoms with van der Waals surface area (Å²) in [4.78, 5) is 12.4. The normalized spacial score (nSPS) is 8.86. The summed E-state index contributed by atoms with van der Waals surface area (Å²) in [5.74, 6) is 0. The summed E-state index contributed by atoms with van der Waals surface area (Å²) in [6, 6.07) is 5.75. The zero-order chi connectivity index (χ0) is 10.6. The van der Waals surface area contributed by atoms with Crippen molar-refractivity contribution in [3.63, 3.8) is 0 Å². The highest BCUT2D eigenvalue weighted by Gasteiger charge is 2.06. The van der Waals surface area contributed by atoms with Gasteiger partial charge in [-0.3, -0.25) is 10.1 Å². The fourth-order valence-electron chi connectivity index (χ4n) is 0.911. The Morgan fingerprint density at radius 3 is 2.93 bits per heavy atom. The monoisotopic (exact) mass is 190 g/mol. The molecule has 0 amide bonds. The molecule has 0 radical (unpaired) electrons. The first kappa shape index (κ1) is 9.76. The number of non-ortho nitro benzene ring substituents is 1. The van der Waals surface area contributed by atoms with Gasteiger partial charge in [-0.15, -0.1) is 0 Å². The van der Waals surface area contributed by atoms with E-state index in [1.807, 2.05) is 0 Å². The molecule has 70 valence electrons. The number of hydrogen-bond acceptors (Lipinski definition) is 3. The van der Waals surface area contributed by atoms with Gasteiger partial charge in [0.2, 0.25) is 0 Å². The highest BCUT2D eigenvalue weighted by Crippen LogP contribution is 2.19. The summed E-state index contributed by atoms with van der Waals surface area (Å²) in [5, 5.41) is 13.7. The predicted molar refractivity (Wildman–Crippen MR) is 51.3 cm³/mol. The van der Waals surface area contributed by atoms with Gasteiger partial charge < -0.3 is 0 Å². The third-order valence-corrected chi connectivity index (χ3v) is 1.56. The molecule has 1 aromatic rings. The van der Waals surface area contributed by atoms with E-state index in [4.69, 9.17) is 5.53 Å². The first-order valence-corrected chi connectivity index (χ1v) is 3.64. The summed E-state index contributed by atoms with van der Waals surface area (Å²) in [7, 11) is 0. The minimum atomic E-state index is -0.521. The van der Waals surface area contributed by atoms with Gasteiger partial charge in [-0.25, -0.2) is 0 Å². The standard InChI is InChI=1S/C8H6N4O2/c1-6(10-11-9)7-3-2-4-8(5-7)12(13)14/h2-5H,1H2. The van der Waals surface area contributed by atoms with Gasteiger partial charge in [0.1, 0.15) is 0 Å². The van der Waals surface area contributed by atoms with Gasteiger partial charge in [-0.2, -0.15) is 0 Å². The number of nitrogens with zero attached hydrogens (tertiary/aromatic N) is 4. The van der Waals surface area contributed by atoms with Crippen LogP contribution < -0.4 is 0 Å². The Morgan fingerprint density at radius 2 is 2.36 bits per heavy atom. The Bertz CT molecular complexity index is 435. The van der Waals surface area contributed by atoms with Crippen molar-refractivity contribution in [2.24, 2.45) is 5.11 Å². The largest absolute Gasteiger partial charge is 0.270 e. The number of nitro benzene ring substituents is 1. The minimum Gasteiger partial charge on any atom is -0.258 e. The van der Waals surface area contributed by atoms with Crippen molar-refractivity contribution in [1.82, 2.24) is 0 Å². The zero-order valence-corrected chi connectivity index (χ0v) is 7.12. The molecule has 0 aliphatic rings. The first-order chi connectivity index (χ1) is 6.65. The lowest BCUT2D eigenvalue weighted by atomic mass is 10.1. The summed E-state index contributed by atoms with van der Waals surface area (Å²) in [6.45, 7) is 3.47. The number of benzene rings is 1. The Morgan fingerprint density at radius 1 is 1.64 bits per heavy atom. The third kappa shape index (κ3) is 2.09. The van der Waals surface area contributed by atoms with Crippen molar-refractivity contribution in [1.29, 1.82) is 0 Å². The van der Waals surface area contributed by atoms with Crippen molar-refractivity contribution in [3.05, 3.63) is 57.0 Å². The smallest absolute Gasteiger partial charge is 0.258 e. The van der Waals surface area contributed by atoms with Crippen LogP contribution in [0.4, 0.5) is 5.69 Å². The summed E-state index contributed by atoms with van der Waals surface area (Å²) in [6.07, 6.45) is 0. The molecule has 0 aliphatic carbocycles. The fraction of sp³-hybridized carbons (Fsp3) is 0. The molecular weight excluding hydrogens is 184 g/mol. The molecular formula is C8H6N4O2. The maximum absolute atomic E-state index is 10.4. The van der Waals surface area contributed by atoms with Crippen molar-refractivity contribution in [2.75, 3.05) is 0 Å². The summed E-state index contributed by atoms with van der Waals surface area (Å²) >= 11 is 0. The highest BCUT2D eigenvalue weighted by atomic mass is 16.6. The van der Waals surface area contributed by atoms with Crippen molar-refractivity contribution < 1.29 is 4.92 Å². The average Bonchev–Trinajstić information content (AvgIpc) is 2.18. The topological polar surface area (TPSA) is 91.9 Å². The minimum absolute atomic E-state index is 0.0585. The van der Waals surface area contributed by atoms with E-state index in [9.17, 15) is 10.1 Å². The Balaban J connectivity index is 3.11. The number of hydrogen-bond donors (Lipinski definition) is 0. The van der Waals surface area contributed by atoms with E-state index in [1.165, 1.54) is 18.2 Å². The lowest BCUT2D eigenvalue weighted by molar-refractivity contribution is -0.384. The van der Waals surface area contributed by atoms with Crippen LogP contribution in [-0.2, 0) is 0 Å². The first-order valence-electron chi connectivity index (χ1n) is 3.64. The van der Waals surface area contributed by atoms with Gasteiger partial charge in [0.05, 0.1) is 4.92 Å². The van der Waals surface area contributed by atoms with E-state index in [0.717, 1.165) is 0 Å². The molecule has 1 rings (SSSR count). The van der Waals surface area contributed by atoms with Crippen molar-refractivity contribution >= 4 is 11.4 Å². The Hall–Kier alpha value is -2.33. The van der Waals surface area contributed by atoms with Gasteiger partial charge in [-0.05, 0) is 11.1 Å². The average molecular weight is 190 g/mol. The Kier molecular flexibility index (Phi) is 2.83. The molecule has 0 bridgehead atoms. The van der Waals surface area contributed by atoms with E-state index in [2.05, 4.69) is 16.6 Å². The van der Waals surface area contributed by atoms with Crippen LogP contribution in [0.2, 0.25) is 0 Å². The Labute approximate surface area is 79.3 Å². The highest BCUT2D eigenvalue weighted by molar-refractivity contribution is 5.64. The molecule has 0 N–H and O–H groups in total. The molecule has 0 fully saturated rings. The maximum Gasteiger partial charge on any atom is 0.270 e. The molecule has 0 heterocycles. The molecule has 0 aromatic heterocycles. The molecule has 0 aliphatic heterocycles. The maximum atomic E-state index is 10.4. The van der Waals surface area contributed by atoms with Crippen LogP contribution in [-0.4, -0.2) is 4.92 Å². The third-order valence-electron chi connectivity index (χ3n) is 1.56. The molecule has 0 saturated carbocycles. The second-order valence-electron chi connectivity index (χ2n) is 2.44. The lowest BCUT2D eigenvalue weighted by Crippen LogP contribution is -1.88. The number of rotatable bonds is 3. The van der Waals surface area contributed by atoms with Crippen LogP contribution in [0.25, 0.3) is 16.1 Å². The van der Waals surface area contributed by atoms with E-state index in [-0.39, 0.29) is 11.4 Å². The fourth-order valence-corrected chi connectivity index (χ4v) is 0.911. The predicted octanol–water partition coefficient (Wildman–Crippen LogP) is 2.88. The van der Waals surface area contributed by atoms with Crippen molar-refractivity contribution in [2.45, 2.75) is 0 Å². The summed E-state index contributed by atoms with van der Waals surface area (Å²) in [5.41, 5.74) is 8.69. The zero-order valence-electron chi connectivity index (χ0n) is 7.12. The van der Waals surface area contributed by atoms with Gasteiger partial charge >= 0.3 is 0 Å². The molecule has 1 aromatic carbocycles. The van der Waals surface area contributed by atoms with E-state index < -0.39 is 4.92 Å². The van der Waals surface area contributed by atoms with Crippen LogP contribution in [0.15, 0.2) is 36.0 Å². The molecule has 0 spiro atoms. The van der Waals surface area contributed by atoms with Gasteiger partial charge in [-0.1, -0.05) is 23.8 Å². The van der Waals surface area contributed by atoms with Crippen LogP contribution >= 0.6 is 0 Å². The van der Waals surface area contributed by atoms with Crippen molar-refractivity contribution in [3.8, 4) is 0 Å². The molecule has 6 nitrogen and oxygen atoms in total. The molecule has 0 atom stereocenters. The SMILES string of the molecule is C=C(N=[N+]=[N-])c1cccc([N+](=O)[O-])c1. The van der Waals surface area contributed by atoms with Crippen LogP contribution in [0.3, 0.4) is 0 Å². The molecule has 0 saturated heterocycles. The quantitative estimate of drug-likeness (QED) is 0.241. The lowest BCUT2D eigenvalue weighted by Gasteiger charge is -1.97. The van der Waals surface area contributed by atoms with Gasteiger partial charge in [0.25, 0.3) is 5.69 Å². The van der Waals surface area contributed by atoms with Crippen LogP contribution in [0, 0.1) is 10.1 Å². The van der Waals surface area contributed by atoms with E-state index >= 15 is 0 Å². The summed E-state index contributed by atoms with van der Waals surface area (Å²) < 4.78 is 0.